The number of ether oxygens (including phenoxy) is 1. The van der Waals surface area contributed by atoms with Gasteiger partial charge in [0.2, 0.25) is 5.91 Å². The summed E-state index contributed by atoms with van der Waals surface area (Å²) in [6, 6.07) is 9.68. The van der Waals surface area contributed by atoms with Gasteiger partial charge in [-0.1, -0.05) is 18.2 Å². The standard InChI is InChI=1S/C16H18N2O2/c1-16(2)12(8-10-20-16)15(19)18-13-7-3-5-11-6-4-9-17-14(11)13/h3-7,9,12H,8,10H2,1-2H3,(H,18,19). The zero-order valence-electron chi connectivity index (χ0n) is 11.7. The summed E-state index contributed by atoms with van der Waals surface area (Å²) in [6.07, 6.45) is 2.50. The Morgan fingerprint density at radius 2 is 2.15 bits per heavy atom. The normalized spacial score (nSPS) is 21.0. The number of carbonyl (C=O) groups excluding carboxylic acids is 1. The lowest BCUT2D eigenvalue weighted by molar-refractivity contribution is -0.124. The molecule has 104 valence electrons. The van der Waals surface area contributed by atoms with Crippen LogP contribution in [0.5, 0.6) is 0 Å². The summed E-state index contributed by atoms with van der Waals surface area (Å²) in [4.78, 5) is 16.8. The number of benzene rings is 1. The third kappa shape index (κ3) is 2.27. The third-order valence-electron chi connectivity index (χ3n) is 3.93. The number of nitrogens with one attached hydrogen (secondary N) is 1. The van der Waals surface area contributed by atoms with Gasteiger partial charge in [-0.2, -0.15) is 0 Å². The largest absolute Gasteiger partial charge is 0.375 e. The molecule has 4 nitrogen and oxygen atoms in total. The highest BCUT2D eigenvalue weighted by atomic mass is 16.5. The minimum atomic E-state index is -0.401. The van der Waals surface area contributed by atoms with Crippen LogP contribution in [0.3, 0.4) is 0 Å². The number of para-hydroxylation sites is 1. The summed E-state index contributed by atoms with van der Waals surface area (Å²) in [6.45, 7) is 4.57. The number of amides is 1. The monoisotopic (exact) mass is 270 g/mol. The maximum absolute atomic E-state index is 12.5. The molecule has 0 radical (unpaired) electrons. The number of carbonyl (C=O) groups is 1. The van der Waals surface area contributed by atoms with Crippen molar-refractivity contribution in [2.75, 3.05) is 11.9 Å². The van der Waals surface area contributed by atoms with Crippen LogP contribution in [0.1, 0.15) is 20.3 Å². The molecule has 1 amide bonds. The van der Waals surface area contributed by atoms with Crippen LogP contribution < -0.4 is 5.32 Å². The van der Waals surface area contributed by atoms with Gasteiger partial charge < -0.3 is 10.1 Å². The van der Waals surface area contributed by atoms with Crippen LogP contribution in [0, 0.1) is 5.92 Å². The lowest BCUT2D eigenvalue weighted by Crippen LogP contribution is -2.36. The molecule has 1 N–H and O–H groups in total. The molecule has 1 aromatic heterocycles. The van der Waals surface area contributed by atoms with E-state index in [0.29, 0.717) is 6.61 Å². The summed E-state index contributed by atoms with van der Waals surface area (Å²) in [5, 5.41) is 4.02. The summed E-state index contributed by atoms with van der Waals surface area (Å²) in [5.41, 5.74) is 1.18. The molecule has 0 spiro atoms. The summed E-state index contributed by atoms with van der Waals surface area (Å²) in [5.74, 6) is -0.118. The Hall–Kier alpha value is -1.94. The van der Waals surface area contributed by atoms with Gasteiger partial charge in [0.25, 0.3) is 0 Å². The Labute approximate surface area is 118 Å². The third-order valence-corrected chi connectivity index (χ3v) is 3.93. The van der Waals surface area contributed by atoms with E-state index in [1.165, 1.54) is 0 Å². The minimum Gasteiger partial charge on any atom is -0.375 e. The number of fused-ring (bicyclic) bond motifs is 1. The predicted molar refractivity (Wildman–Crippen MR) is 78.5 cm³/mol. The molecule has 1 saturated heterocycles. The molecule has 1 aliphatic heterocycles. The van der Waals surface area contributed by atoms with Gasteiger partial charge in [-0.15, -0.1) is 0 Å². The van der Waals surface area contributed by atoms with E-state index in [-0.39, 0.29) is 11.8 Å². The van der Waals surface area contributed by atoms with Crippen LogP contribution in [0.2, 0.25) is 0 Å². The first kappa shape index (κ1) is 13.1. The second-order valence-electron chi connectivity index (χ2n) is 5.66. The van der Waals surface area contributed by atoms with Crippen molar-refractivity contribution in [2.24, 2.45) is 5.92 Å². The van der Waals surface area contributed by atoms with Gasteiger partial charge in [0.05, 0.1) is 22.7 Å². The van der Waals surface area contributed by atoms with Crippen LogP contribution in [0.15, 0.2) is 36.5 Å². The summed E-state index contributed by atoms with van der Waals surface area (Å²) >= 11 is 0. The Morgan fingerprint density at radius 1 is 1.35 bits per heavy atom. The van der Waals surface area contributed by atoms with Crippen molar-refractivity contribution in [3.05, 3.63) is 36.5 Å². The average molecular weight is 270 g/mol. The number of pyridine rings is 1. The minimum absolute atomic E-state index is 0.00523. The van der Waals surface area contributed by atoms with E-state index >= 15 is 0 Å². The highest BCUT2D eigenvalue weighted by molar-refractivity contribution is 6.01. The van der Waals surface area contributed by atoms with Crippen molar-refractivity contribution in [2.45, 2.75) is 25.9 Å². The first-order valence-electron chi connectivity index (χ1n) is 6.86. The molecular formula is C16H18N2O2. The van der Waals surface area contributed by atoms with E-state index in [2.05, 4.69) is 10.3 Å². The number of hydrogen-bond donors (Lipinski definition) is 1. The van der Waals surface area contributed by atoms with E-state index in [0.717, 1.165) is 23.0 Å². The highest BCUT2D eigenvalue weighted by Gasteiger charge is 2.40. The summed E-state index contributed by atoms with van der Waals surface area (Å²) in [7, 11) is 0. The van der Waals surface area contributed by atoms with Crippen molar-refractivity contribution in [1.29, 1.82) is 0 Å². The van der Waals surface area contributed by atoms with Crippen molar-refractivity contribution in [3.63, 3.8) is 0 Å². The van der Waals surface area contributed by atoms with Crippen molar-refractivity contribution < 1.29 is 9.53 Å². The fraction of sp³-hybridized carbons (Fsp3) is 0.375. The molecule has 1 aromatic carbocycles. The first-order chi connectivity index (χ1) is 9.58. The Morgan fingerprint density at radius 3 is 2.90 bits per heavy atom. The van der Waals surface area contributed by atoms with Gasteiger partial charge in [0.1, 0.15) is 0 Å². The number of aromatic nitrogens is 1. The molecule has 0 aliphatic carbocycles. The molecule has 2 heterocycles. The van der Waals surface area contributed by atoms with Gasteiger partial charge in [0.15, 0.2) is 0 Å². The number of hydrogen-bond acceptors (Lipinski definition) is 3. The molecule has 20 heavy (non-hydrogen) atoms. The quantitative estimate of drug-likeness (QED) is 0.912. The van der Waals surface area contributed by atoms with Crippen molar-refractivity contribution in [1.82, 2.24) is 4.98 Å². The van der Waals surface area contributed by atoms with E-state index in [9.17, 15) is 4.79 Å². The Bertz CT molecular complexity index is 646. The smallest absolute Gasteiger partial charge is 0.230 e. The fourth-order valence-electron chi connectivity index (χ4n) is 2.76. The van der Waals surface area contributed by atoms with Gasteiger partial charge in [-0.3, -0.25) is 9.78 Å². The second-order valence-corrected chi connectivity index (χ2v) is 5.66. The van der Waals surface area contributed by atoms with Crippen LogP contribution in [0.25, 0.3) is 10.9 Å². The maximum Gasteiger partial charge on any atom is 0.230 e. The van der Waals surface area contributed by atoms with E-state index in [4.69, 9.17) is 4.74 Å². The van der Waals surface area contributed by atoms with Gasteiger partial charge in [-0.25, -0.2) is 0 Å². The van der Waals surface area contributed by atoms with Crippen molar-refractivity contribution >= 4 is 22.5 Å². The second kappa shape index (κ2) is 4.87. The van der Waals surface area contributed by atoms with Gasteiger partial charge >= 0.3 is 0 Å². The van der Waals surface area contributed by atoms with E-state index in [1.807, 2.05) is 44.2 Å². The molecule has 3 rings (SSSR count). The molecule has 0 bridgehead atoms. The molecular weight excluding hydrogens is 252 g/mol. The molecule has 1 atom stereocenters. The fourth-order valence-corrected chi connectivity index (χ4v) is 2.76. The zero-order valence-corrected chi connectivity index (χ0v) is 11.7. The average Bonchev–Trinajstić information content (AvgIpc) is 2.79. The van der Waals surface area contributed by atoms with Crippen LogP contribution in [-0.4, -0.2) is 23.1 Å². The van der Waals surface area contributed by atoms with Crippen LogP contribution >= 0.6 is 0 Å². The first-order valence-corrected chi connectivity index (χ1v) is 6.86. The lowest BCUT2D eigenvalue weighted by atomic mass is 9.90. The molecule has 1 unspecified atom stereocenters. The van der Waals surface area contributed by atoms with Crippen LogP contribution in [-0.2, 0) is 9.53 Å². The summed E-state index contributed by atoms with van der Waals surface area (Å²) < 4.78 is 5.62. The van der Waals surface area contributed by atoms with Gasteiger partial charge in [-0.05, 0) is 32.4 Å². The Balaban J connectivity index is 1.88. The van der Waals surface area contributed by atoms with E-state index in [1.54, 1.807) is 6.20 Å². The van der Waals surface area contributed by atoms with Gasteiger partial charge in [0, 0.05) is 18.2 Å². The van der Waals surface area contributed by atoms with Crippen molar-refractivity contribution in [3.8, 4) is 0 Å². The Kier molecular flexibility index (Phi) is 3.18. The number of nitrogens with zero attached hydrogens (tertiary/aromatic N) is 1. The SMILES string of the molecule is CC1(C)OCCC1C(=O)Nc1cccc2cccnc12. The van der Waals surface area contributed by atoms with Crippen LogP contribution in [0.4, 0.5) is 5.69 Å². The zero-order chi connectivity index (χ0) is 14.2. The molecule has 0 saturated carbocycles. The number of rotatable bonds is 2. The van der Waals surface area contributed by atoms with E-state index < -0.39 is 5.60 Å². The predicted octanol–water partition coefficient (Wildman–Crippen LogP) is 2.99. The topological polar surface area (TPSA) is 51.2 Å². The molecule has 1 fully saturated rings. The maximum atomic E-state index is 12.5. The molecule has 4 heteroatoms. The molecule has 1 aliphatic rings. The number of anilines is 1. The lowest BCUT2D eigenvalue weighted by Gasteiger charge is -2.24. The highest BCUT2D eigenvalue weighted by Crippen LogP contribution is 2.32. The molecule has 2 aromatic rings.